The number of hydrogen-bond acceptors (Lipinski definition) is 3. The van der Waals surface area contributed by atoms with Crippen molar-refractivity contribution in [3.8, 4) is 0 Å². The minimum Gasteiger partial charge on any atom is -0.289 e. The van der Waals surface area contributed by atoms with Crippen LogP contribution in [0, 0.1) is 0 Å². The van der Waals surface area contributed by atoms with Crippen molar-refractivity contribution in [3.63, 3.8) is 0 Å². The number of alkyl halides is 2. The number of para-hydroxylation sites is 1. The molecule has 4 nitrogen and oxygen atoms in total. The van der Waals surface area contributed by atoms with E-state index in [2.05, 4.69) is 0 Å². The predicted octanol–water partition coefficient (Wildman–Crippen LogP) is 2.88. The molecule has 0 spiro atoms. The Morgan fingerprint density at radius 3 is 2.14 bits per heavy atom. The molecule has 0 aliphatic carbocycles. The van der Waals surface area contributed by atoms with E-state index in [0.717, 1.165) is 0 Å². The Hall–Kier alpha value is -2.28. The first-order valence-corrected chi connectivity index (χ1v) is 7.45. The molecule has 0 atom stereocenters. The van der Waals surface area contributed by atoms with E-state index < -0.39 is 21.6 Å². The summed E-state index contributed by atoms with van der Waals surface area (Å²) in [7, 11) is -4.83. The zero-order valence-corrected chi connectivity index (χ0v) is 11.5. The molecule has 0 aromatic heterocycles. The van der Waals surface area contributed by atoms with Crippen LogP contribution in [0.5, 0.6) is 0 Å². The van der Waals surface area contributed by atoms with Gasteiger partial charge in [-0.2, -0.15) is 8.78 Å². The van der Waals surface area contributed by atoms with E-state index in [1.165, 1.54) is 24.3 Å². The molecule has 0 radical (unpaired) electrons. The summed E-state index contributed by atoms with van der Waals surface area (Å²) in [5.41, 5.74) is 0.167. The minimum atomic E-state index is -4.83. The van der Waals surface area contributed by atoms with E-state index in [4.69, 9.17) is 0 Å². The lowest BCUT2D eigenvalue weighted by Crippen LogP contribution is -2.22. The Bertz CT molecular complexity index is 746. The molecule has 0 fully saturated rings. The second-order valence-corrected chi connectivity index (χ2v) is 5.80. The molecular formula is C14H11F2NO3S. The van der Waals surface area contributed by atoms with Gasteiger partial charge in [0.1, 0.15) is 0 Å². The number of sulfonamides is 1. The van der Waals surface area contributed by atoms with Crippen molar-refractivity contribution in [1.82, 2.24) is 0 Å². The number of ketones is 1. The van der Waals surface area contributed by atoms with Crippen LogP contribution in [0.4, 0.5) is 14.5 Å². The summed E-state index contributed by atoms with van der Waals surface area (Å²) in [6.07, 6.45) is 0. The molecule has 0 aliphatic rings. The Morgan fingerprint density at radius 1 is 0.952 bits per heavy atom. The molecule has 0 saturated heterocycles. The van der Waals surface area contributed by atoms with E-state index in [1.54, 1.807) is 35.1 Å². The molecule has 1 N–H and O–H groups in total. The van der Waals surface area contributed by atoms with E-state index in [-0.39, 0.29) is 11.3 Å². The maximum absolute atomic E-state index is 12.4. The molecule has 7 heteroatoms. The largest absolute Gasteiger partial charge is 0.355 e. The van der Waals surface area contributed by atoms with Gasteiger partial charge in [-0.25, -0.2) is 8.42 Å². The van der Waals surface area contributed by atoms with E-state index >= 15 is 0 Å². The van der Waals surface area contributed by atoms with Crippen molar-refractivity contribution < 1.29 is 22.0 Å². The summed E-state index contributed by atoms with van der Waals surface area (Å²) >= 11 is 0. The first kappa shape index (κ1) is 15.1. The molecule has 110 valence electrons. The SMILES string of the molecule is O=C(c1ccccc1)c1ccccc1NS(=O)(=O)C(F)F. The summed E-state index contributed by atoms with van der Waals surface area (Å²) in [4.78, 5) is 12.3. The molecule has 2 aromatic rings. The standard InChI is InChI=1S/C14H11F2NO3S/c15-14(16)21(19,20)17-12-9-5-4-8-11(12)13(18)10-6-2-1-3-7-10/h1-9,14,17H. The Labute approximate surface area is 120 Å². The maximum atomic E-state index is 12.4. The van der Waals surface area contributed by atoms with Gasteiger partial charge >= 0.3 is 5.76 Å². The van der Waals surface area contributed by atoms with Gasteiger partial charge in [0.25, 0.3) is 10.0 Å². The van der Waals surface area contributed by atoms with E-state index in [9.17, 15) is 22.0 Å². The topological polar surface area (TPSA) is 63.2 Å². The van der Waals surface area contributed by atoms with Crippen molar-refractivity contribution in [2.45, 2.75) is 5.76 Å². The zero-order valence-electron chi connectivity index (χ0n) is 10.7. The van der Waals surface area contributed by atoms with Crippen LogP contribution in [0.3, 0.4) is 0 Å². The fourth-order valence-corrected chi connectivity index (χ4v) is 2.29. The van der Waals surface area contributed by atoms with Crippen LogP contribution >= 0.6 is 0 Å². The molecule has 2 aromatic carbocycles. The number of hydrogen-bond donors (Lipinski definition) is 1. The van der Waals surface area contributed by atoms with Crippen LogP contribution < -0.4 is 4.72 Å². The van der Waals surface area contributed by atoms with Crippen molar-refractivity contribution in [1.29, 1.82) is 0 Å². The number of nitrogens with one attached hydrogen (secondary N) is 1. The fourth-order valence-electron chi connectivity index (χ4n) is 1.71. The lowest BCUT2D eigenvalue weighted by atomic mass is 10.0. The number of anilines is 1. The van der Waals surface area contributed by atoms with Crippen LogP contribution in [0.1, 0.15) is 15.9 Å². The number of carbonyl (C=O) groups is 1. The highest BCUT2D eigenvalue weighted by molar-refractivity contribution is 7.93. The highest BCUT2D eigenvalue weighted by Gasteiger charge is 2.25. The van der Waals surface area contributed by atoms with Gasteiger partial charge in [0.05, 0.1) is 5.69 Å². The van der Waals surface area contributed by atoms with Gasteiger partial charge in [-0.15, -0.1) is 0 Å². The van der Waals surface area contributed by atoms with Crippen molar-refractivity contribution in [2.75, 3.05) is 4.72 Å². The van der Waals surface area contributed by atoms with Crippen molar-refractivity contribution in [2.24, 2.45) is 0 Å². The van der Waals surface area contributed by atoms with Crippen LogP contribution in [0.2, 0.25) is 0 Å². The first-order chi connectivity index (χ1) is 9.92. The molecule has 0 amide bonds. The summed E-state index contributed by atoms with van der Waals surface area (Å²) in [5.74, 6) is -4.03. The summed E-state index contributed by atoms with van der Waals surface area (Å²) in [6.45, 7) is 0. The average Bonchev–Trinajstić information content (AvgIpc) is 2.47. The highest BCUT2D eigenvalue weighted by Crippen LogP contribution is 2.21. The van der Waals surface area contributed by atoms with Gasteiger partial charge in [-0.05, 0) is 12.1 Å². The smallest absolute Gasteiger partial charge is 0.289 e. The van der Waals surface area contributed by atoms with Gasteiger partial charge in [0.2, 0.25) is 0 Å². The molecule has 0 bridgehead atoms. The zero-order chi connectivity index (χ0) is 15.5. The van der Waals surface area contributed by atoms with E-state index in [0.29, 0.717) is 5.56 Å². The van der Waals surface area contributed by atoms with Gasteiger partial charge in [0.15, 0.2) is 5.78 Å². The van der Waals surface area contributed by atoms with Gasteiger partial charge < -0.3 is 0 Å². The van der Waals surface area contributed by atoms with Crippen molar-refractivity contribution >= 4 is 21.5 Å². The number of rotatable bonds is 5. The summed E-state index contributed by atoms with van der Waals surface area (Å²) in [5, 5.41) is 0. The molecule has 0 heterocycles. The third-order valence-corrected chi connectivity index (χ3v) is 3.67. The minimum absolute atomic E-state index is 0.00734. The molecule has 0 aliphatic heterocycles. The van der Waals surface area contributed by atoms with Crippen molar-refractivity contribution in [3.05, 3.63) is 65.7 Å². The quantitative estimate of drug-likeness (QED) is 0.864. The lowest BCUT2D eigenvalue weighted by molar-refractivity contribution is 0.103. The highest BCUT2D eigenvalue weighted by atomic mass is 32.2. The first-order valence-electron chi connectivity index (χ1n) is 5.90. The number of benzene rings is 2. The number of carbonyl (C=O) groups excluding carboxylic acids is 1. The normalized spacial score (nSPS) is 11.4. The molecule has 0 saturated carbocycles. The third kappa shape index (κ3) is 3.43. The third-order valence-electron chi connectivity index (χ3n) is 2.69. The van der Waals surface area contributed by atoms with Crippen LogP contribution in [0.15, 0.2) is 54.6 Å². The Morgan fingerprint density at radius 2 is 1.52 bits per heavy atom. The van der Waals surface area contributed by atoms with Gasteiger partial charge in [-0.1, -0.05) is 42.5 Å². The Kier molecular flexibility index (Phi) is 4.32. The lowest BCUT2D eigenvalue weighted by Gasteiger charge is -2.11. The monoisotopic (exact) mass is 311 g/mol. The predicted molar refractivity (Wildman–Crippen MR) is 74.9 cm³/mol. The number of halogens is 2. The molecule has 0 unspecified atom stereocenters. The maximum Gasteiger partial charge on any atom is 0.355 e. The van der Waals surface area contributed by atoms with Gasteiger partial charge in [-0.3, -0.25) is 9.52 Å². The van der Waals surface area contributed by atoms with Gasteiger partial charge in [0, 0.05) is 11.1 Å². The second kappa shape index (κ2) is 6.01. The van der Waals surface area contributed by atoms with Crippen LogP contribution in [-0.2, 0) is 10.0 Å². The average molecular weight is 311 g/mol. The van der Waals surface area contributed by atoms with E-state index in [1.807, 2.05) is 0 Å². The Balaban J connectivity index is 2.41. The summed E-state index contributed by atoms with van der Waals surface area (Å²) in [6, 6.07) is 13.7. The van der Waals surface area contributed by atoms with Crippen LogP contribution in [-0.4, -0.2) is 20.0 Å². The molecule has 2 rings (SSSR count). The second-order valence-electron chi connectivity index (χ2n) is 4.15. The molecule has 21 heavy (non-hydrogen) atoms. The molecular weight excluding hydrogens is 300 g/mol. The van der Waals surface area contributed by atoms with Crippen LogP contribution in [0.25, 0.3) is 0 Å². The summed E-state index contributed by atoms with van der Waals surface area (Å²) < 4.78 is 49.1. The fraction of sp³-hybridized carbons (Fsp3) is 0.0714.